The monoisotopic (exact) mass is 381 g/mol. The normalized spacial score (nSPS) is 11.9. The number of hydrogen-bond acceptors (Lipinski definition) is 3. The third-order valence-electron chi connectivity index (χ3n) is 3.70. The molecule has 26 heavy (non-hydrogen) atoms. The van der Waals surface area contributed by atoms with Crippen LogP contribution in [0.4, 0.5) is 14.5 Å². The van der Waals surface area contributed by atoms with E-state index in [1.807, 2.05) is 13.8 Å². The third kappa shape index (κ3) is 5.26. The zero-order chi connectivity index (χ0) is 19.3. The first-order chi connectivity index (χ1) is 12.3. The average molecular weight is 382 g/mol. The Balaban J connectivity index is 2.00. The number of nitrogens with one attached hydrogen (secondary N) is 1. The Hall–Kier alpha value is -2.47. The number of amides is 1. The van der Waals surface area contributed by atoms with Crippen LogP contribution in [0.15, 0.2) is 42.5 Å². The van der Waals surface area contributed by atoms with Crippen LogP contribution in [-0.4, -0.2) is 18.5 Å². The summed E-state index contributed by atoms with van der Waals surface area (Å²) in [6.07, 6.45) is 0. The van der Waals surface area contributed by atoms with Crippen LogP contribution in [0.3, 0.4) is 0 Å². The van der Waals surface area contributed by atoms with Crippen LogP contribution >= 0.6 is 11.6 Å². The molecule has 2 aromatic rings. The van der Waals surface area contributed by atoms with Gasteiger partial charge in [0.15, 0.2) is 6.61 Å². The van der Waals surface area contributed by atoms with Gasteiger partial charge in [-0.1, -0.05) is 37.6 Å². The lowest BCUT2D eigenvalue weighted by Crippen LogP contribution is -2.26. The quantitative estimate of drug-likeness (QED) is 0.747. The highest BCUT2D eigenvalue weighted by molar-refractivity contribution is 6.30. The van der Waals surface area contributed by atoms with E-state index >= 15 is 0 Å². The molecule has 4 nitrogen and oxygen atoms in total. The molecule has 138 valence electrons. The lowest BCUT2D eigenvalue weighted by Gasteiger charge is -2.20. The summed E-state index contributed by atoms with van der Waals surface area (Å²) >= 11 is 5.85. The molecule has 2 rings (SSSR count). The molecule has 2 aromatic carbocycles. The molecule has 0 saturated heterocycles. The molecule has 0 bridgehead atoms. The summed E-state index contributed by atoms with van der Waals surface area (Å²) in [6, 6.07) is 9.45. The van der Waals surface area contributed by atoms with Crippen molar-refractivity contribution in [3.05, 3.63) is 64.7 Å². The summed E-state index contributed by atoms with van der Waals surface area (Å²) < 4.78 is 31.7. The molecule has 1 N–H and O–H groups in total. The number of rotatable bonds is 6. The summed E-state index contributed by atoms with van der Waals surface area (Å²) in [5.74, 6) is -3.48. The molecular weight excluding hydrogens is 364 g/mol. The summed E-state index contributed by atoms with van der Waals surface area (Å²) in [5.41, 5.74) is 0.398. The smallest absolute Gasteiger partial charge is 0.314 e. The van der Waals surface area contributed by atoms with Gasteiger partial charge in [0, 0.05) is 11.1 Å². The molecule has 0 aromatic heterocycles. The minimum absolute atomic E-state index is 0.0765. The van der Waals surface area contributed by atoms with E-state index in [0.29, 0.717) is 10.6 Å². The zero-order valence-corrected chi connectivity index (χ0v) is 15.0. The molecule has 0 aliphatic carbocycles. The van der Waals surface area contributed by atoms with E-state index in [4.69, 9.17) is 16.3 Å². The van der Waals surface area contributed by atoms with Crippen molar-refractivity contribution in [1.82, 2.24) is 0 Å². The Morgan fingerprint density at radius 1 is 1.12 bits per heavy atom. The largest absolute Gasteiger partial charge is 0.455 e. The summed E-state index contributed by atoms with van der Waals surface area (Å²) in [4.78, 5) is 24.2. The SMILES string of the molecule is CC(C)[C@H](C(=O)OCC(=O)Nc1cc(F)ccc1F)c1ccc(Cl)cc1. The van der Waals surface area contributed by atoms with Crippen molar-refractivity contribution in [2.45, 2.75) is 19.8 Å². The Kier molecular flexibility index (Phi) is 6.69. The Morgan fingerprint density at radius 2 is 1.77 bits per heavy atom. The van der Waals surface area contributed by atoms with E-state index in [1.165, 1.54) is 0 Å². The van der Waals surface area contributed by atoms with Crippen LogP contribution < -0.4 is 5.32 Å². The molecular formula is C19H18ClF2NO3. The maximum atomic E-state index is 13.5. The van der Waals surface area contributed by atoms with Gasteiger partial charge < -0.3 is 10.1 Å². The molecule has 1 atom stereocenters. The summed E-state index contributed by atoms with van der Waals surface area (Å²) in [7, 11) is 0. The highest BCUT2D eigenvalue weighted by atomic mass is 35.5. The number of ether oxygens (including phenoxy) is 1. The van der Waals surface area contributed by atoms with Gasteiger partial charge in [-0.05, 0) is 35.7 Å². The molecule has 1 amide bonds. The van der Waals surface area contributed by atoms with Crippen LogP contribution in [0.5, 0.6) is 0 Å². The van der Waals surface area contributed by atoms with Gasteiger partial charge in [0.2, 0.25) is 0 Å². The number of carbonyl (C=O) groups excluding carboxylic acids is 2. The molecule has 0 aliphatic heterocycles. The van der Waals surface area contributed by atoms with Gasteiger partial charge in [-0.15, -0.1) is 0 Å². The zero-order valence-electron chi connectivity index (χ0n) is 14.3. The van der Waals surface area contributed by atoms with Crippen LogP contribution in [0.25, 0.3) is 0 Å². The van der Waals surface area contributed by atoms with E-state index < -0.39 is 36.0 Å². The van der Waals surface area contributed by atoms with Crippen LogP contribution in [0, 0.1) is 17.6 Å². The topological polar surface area (TPSA) is 55.4 Å². The highest BCUT2D eigenvalue weighted by Gasteiger charge is 2.26. The fraction of sp³-hybridized carbons (Fsp3) is 0.263. The highest BCUT2D eigenvalue weighted by Crippen LogP contribution is 2.27. The number of carbonyl (C=O) groups is 2. The van der Waals surface area contributed by atoms with Crippen LogP contribution in [0.2, 0.25) is 5.02 Å². The standard InChI is InChI=1S/C19H18ClF2NO3/c1-11(2)18(12-3-5-13(20)6-4-12)19(25)26-10-17(24)23-16-9-14(21)7-8-15(16)22/h3-9,11,18H,10H2,1-2H3,(H,23,24)/t18-/m0/s1. The van der Waals surface area contributed by atoms with Crippen molar-refractivity contribution >= 4 is 29.2 Å². The van der Waals surface area contributed by atoms with Crippen molar-refractivity contribution in [2.24, 2.45) is 5.92 Å². The first-order valence-electron chi connectivity index (χ1n) is 7.95. The van der Waals surface area contributed by atoms with Crippen molar-refractivity contribution in [3.63, 3.8) is 0 Å². The number of esters is 1. The van der Waals surface area contributed by atoms with Gasteiger partial charge >= 0.3 is 5.97 Å². The van der Waals surface area contributed by atoms with Crippen LogP contribution in [0.1, 0.15) is 25.3 Å². The Bertz CT molecular complexity index is 794. The third-order valence-corrected chi connectivity index (χ3v) is 3.95. The number of benzene rings is 2. The molecule has 0 unspecified atom stereocenters. The molecule has 0 aliphatic rings. The predicted molar refractivity (Wildman–Crippen MR) is 95.0 cm³/mol. The van der Waals surface area contributed by atoms with E-state index in [1.54, 1.807) is 24.3 Å². The first kappa shape index (κ1) is 19.8. The number of hydrogen-bond donors (Lipinski definition) is 1. The number of anilines is 1. The van der Waals surface area contributed by atoms with Crippen molar-refractivity contribution in [1.29, 1.82) is 0 Å². The van der Waals surface area contributed by atoms with Crippen molar-refractivity contribution in [3.8, 4) is 0 Å². The molecule has 0 heterocycles. The van der Waals surface area contributed by atoms with Gasteiger partial charge in [0.1, 0.15) is 11.6 Å². The maximum absolute atomic E-state index is 13.5. The average Bonchev–Trinajstić information content (AvgIpc) is 2.58. The molecule has 0 saturated carbocycles. The maximum Gasteiger partial charge on any atom is 0.314 e. The van der Waals surface area contributed by atoms with E-state index in [-0.39, 0.29) is 11.6 Å². The van der Waals surface area contributed by atoms with E-state index in [0.717, 1.165) is 18.2 Å². The van der Waals surface area contributed by atoms with Gasteiger partial charge in [-0.25, -0.2) is 8.78 Å². The number of halogens is 3. The summed E-state index contributed by atoms with van der Waals surface area (Å²) in [5, 5.41) is 2.72. The van der Waals surface area contributed by atoms with Gasteiger partial charge in [0.05, 0.1) is 11.6 Å². The van der Waals surface area contributed by atoms with Crippen molar-refractivity contribution in [2.75, 3.05) is 11.9 Å². The van der Waals surface area contributed by atoms with Crippen LogP contribution in [-0.2, 0) is 14.3 Å². The van der Waals surface area contributed by atoms with E-state index in [2.05, 4.69) is 5.32 Å². The lowest BCUT2D eigenvalue weighted by atomic mass is 9.88. The first-order valence-corrected chi connectivity index (χ1v) is 8.32. The molecule has 0 radical (unpaired) electrons. The van der Waals surface area contributed by atoms with E-state index in [9.17, 15) is 18.4 Å². The second kappa shape index (κ2) is 8.76. The molecule has 0 spiro atoms. The lowest BCUT2D eigenvalue weighted by molar-refractivity contribution is -0.149. The minimum atomic E-state index is -0.785. The predicted octanol–water partition coefficient (Wildman–Crippen LogP) is 4.54. The minimum Gasteiger partial charge on any atom is -0.455 e. The summed E-state index contributed by atoms with van der Waals surface area (Å²) in [6.45, 7) is 3.09. The Morgan fingerprint density at radius 3 is 2.38 bits per heavy atom. The van der Waals surface area contributed by atoms with Crippen molar-refractivity contribution < 1.29 is 23.1 Å². The van der Waals surface area contributed by atoms with Gasteiger partial charge in [0.25, 0.3) is 5.91 Å². The molecule has 7 heteroatoms. The second-order valence-corrected chi connectivity index (χ2v) is 6.49. The Labute approximate surface area is 155 Å². The van der Waals surface area contributed by atoms with Gasteiger partial charge in [-0.3, -0.25) is 9.59 Å². The second-order valence-electron chi connectivity index (χ2n) is 6.05. The fourth-order valence-corrected chi connectivity index (χ4v) is 2.60. The fourth-order valence-electron chi connectivity index (χ4n) is 2.47. The van der Waals surface area contributed by atoms with Gasteiger partial charge in [-0.2, -0.15) is 0 Å². The molecule has 0 fully saturated rings.